The van der Waals surface area contributed by atoms with Gasteiger partial charge in [0.1, 0.15) is 17.2 Å². The number of nitriles is 1. The maximum atomic E-state index is 13.5. The Labute approximate surface area is 197 Å². The Morgan fingerprint density at radius 2 is 1.88 bits per heavy atom. The fourth-order valence-electron chi connectivity index (χ4n) is 3.30. The van der Waals surface area contributed by atoms with E-state index in [1.165, 1.54) is 18.2 Å². The molecule has 0 aliphatic rings. The number of anilines is 2. The normalized spacial score (nSPS) is 10.2. The maximum Gasteiger partial charge on any atom is 0.435 e. The molecule has 0 atom stereocenters. The Bertz CT molecular complexity index is 1180. The number of hydrogen-bond acceptors (Lipinski definition) is 2. The average molecular weight is 463 g/mol. The minimum absolute atomic E-state index is 0.0302. The molecule has 33 heavy (non-hydrogen) atoms. The zero-order valence-electron chi connectivity index (χ0n) is 18.2. The first-order chi connectivity index (χ1) is 16.0. The third-order valence-electron chi connectivity index (χ3n) is 4.97. The summed E-state index contributed by atoms with van der Waals surface area (Å²) in [6.45, 7) is 4.13. The molecule has 3 rings (SSSR count). The molecule has 3 aromatic carbocycles. The lowest BCUT2D eigenvalue weighted by molar-refractivity contribution is -0.00759. The van der Waals surface area contributed by atoms with Gasteiger partial charge in [0.05, 0.1) is 23.2 Å². The molecule has 3 aromatic rings. The molecular formula is C25H24ClFN6. The molecule has 0 aliphatic carbocycles. The lowest BCUT2D eigenvalue weighted by atomic mass is 10.0. The SMILES string of the molecule is CCCNCCN(C(=[N+]=[N-])Nc1ccc(F)c(Cl)c1)c1ccc(-c2cccc(C#N)c2)cc1. The highest BCUT2D eigenvalue weighted by Crippen LogP contribution is 2.25. The van der Waals surface area contributed by atoms with Crippen molar-refractivity contribution >= 4 is 28.9 Å². The van der Waals surface area contributed by atoms with E-state index in [0.29, 0.717) is 24.3 Å². The van der Waals surface area contributed by atoms with Crippen LogP contribution in [0, 0.1) is 17.1 Å². The molecule has 0 saturated carbocycles. The van der Waals surface area contributed by atoms with E-state index in [4.69, 9.17) is 16.9 Å². The third kappa shape index (κ3) is 6.41. The van der Waals surface area contributed by atoms with Gasteiger partial charge in [-0.25, -0.2) is 14.6 Å². The summed E-state index contributed by atoms with van der Waals surface area (Å²) in [4.78, 5) is 5.26. The van der Waals surface area contributed by atoms with Crippen LogP contribution in [0.15, 0.2) is 66.7 Å². The molecule has 0 saturated heterocycles. The van der Waals surface area contributed by atoms with Crippen LogP contribution < -0.4 is 15.5 Å². The molecule has 0 radical (unpaired) electrons. The Hall–Kier alpha value is -3.69. The molecule has 2 N–H and O–H groups in total. The number of halogens is 2. The number of nitrogens with one attached hydrogen (secondary N) is 2. The molecule has 0 spiro atoms. The van der Waals surface area contributed by atoms with Crippen LogP contribution in [-0.2, 0) is 0 Å². The van der Waals surface area contributed by atoms with Gasteiger partial charge in [-0.3, -0.25) is 0 Å². The number of guanidine groups is 1. The molecule has 0 fully saturated rings. The van der Waals surface area contributed by atoms with Crippen LogP contribution in [0.3, 0.4) is 0 Å². The number of rotatable bonds is 8. The van der Waals surface area contributed by atoms with E-state index >= 15 is 0 Å². The largest absolute Gasteiger partial charge is 0.543 e. The molecule has 0 bridgehead atoms. The van der Waals surface area contributed by atoms with Crippen molar-refractivity contribution in [3.8, 4) is 17.2 Å². The summed E-state index contributed by atoms with van der Waals surface area (Å²) in [7, 11) is 0. The molecule has 0 heterocycles. The quantitative estimate of drug-likeness (QED) is 0.152. The Morgan fingerprint density at radius 1 is 1.09 bits per heavy atom. The molecule has 0 aromatic heterocycles. The number of benzene rings is 3. The van der Waals surface area contributed by atoms with Crippen LogP contribution in [0.5, 0.6) is 0 Å². The summed E-state index contributed by atoms with van der Waals surface area (Å²) < 4.78 is 13.5. The van der Waals surface area contributed by atoms with Crippen LogP contribution in [0.2, 0.25) is 5.02 Å². The van der Waals surface area contributed by atoms with E-state index in [0.717, 1.165) is 29.8 Å². The monoisotopic (exact) mass is 462 g/mol. The molecule has 8 heteroatoms. The van der Waals surface area contributed by atoms with Crippen molar-refractivity contribution in [1.82, 2.24) is 5.32 Å². The van der Waals surface area contributed by atoms with Gasteiger partial charge in [0.15, 0.2) is 0 Å². The van der Waals surface area contributed by atoms with E-state index in [1.54, 1.807) is 6.07 Å². The molecular weight excluding hydrogens is 439 g/mol. The molecule has 0 amide bonds. The summed E-state index contributed by atoms with van der Waals surface area (Å²) in [5.41, 5.74) is 13.5. The van der Waals surface area contributed by atoms with Crippen LogP contribution in [0.4, 0.5) is 15.8 Å². The Morgan fingerprint density at radius 3 is 2.55 bits per heavy atom. The molecule has 168 valence electrons. The lowest BCUT2D eigenvalue weighted by Gasteiger charge is -2.19. The minimum atomic E-state index is -0.526. The zero-order chi connectivity index (χ0) is 23.6. The second kappa shape index (κ2) is 11.8. The second-order valence-electron chi connectivity index (χ2n) is 7.32. The molecule has 0 unspecified atom stereocenters. The highest BCUT2D eigenvalue weighted by Gasteiger charge is 2.23. The lowest BCUT2D eigenvalue weighted by Crippen LogP contribution is -2.41. The first-order valence-corrected chi connectivity index (χ1v) is 11.0. The van der Waals surface area contributed by atoms with Gasteiger partial charge >= 0.3 is 5.96 Å². The van der Waals surface area contributed by atoms with Gasteiger partial charge in [-0.2, -0.15) is 5.26 Å². The van der Waals surface area contributed by atoms with Crippen LogP contribution in [0.25, 0.3) is 16.7 Å². The minimum Gasteiger partial charge on any atom is -0.543 e. The maximum absolute atomic E-state index is 13.5. The standard InChI is InChI=1S/C25H24ClFN6/c1-2-12-30-13-14-33(25(32-29)31-21-8-11-24(27)23(26)16-21)22-9-6-19(7-10-22)20-5-3-4-18(15-20)17-28/h3-11,15-16,30-31H,2,12-14H2,1H3. The van der Waals surface area contributed by atoms with Crippen molar-refractivity contribution in [3.63, 3.8) is 0 Å². The highest BCUT2D eigenvalue weighted by molar-refractivity contribution is 6.31. The van der Waals surface area contributed by atoms with E-state index < -0.39 is 5.82 Å². The van der Waals surface area contributed by atoms with Gasteiger partial charge in [0.25, 0.3) is 0 Å². The van der Waals surface area contributed by atoms with Crippen molar-refractivity contribution in [2.75, 3.05) is 29.9 Å². The van der Waals surface area contributed by atoms with Crippen molar-refractivity contribution in [1.29, 1.82) is 5.26 Å². The van der Waals surface area contributed by atoms with E-state index in [1.807, 2.05) is 47.4 Å². The predicted molar refractivity (Wildman–Crippen MR) is 131 cm³/mol. The van der Waals surface area contributed by atoms with Gasteiger partial charge < -0.3 is 15.6 Å². The van der Waals surface area contributed by atoms with Crippen LogP contribution in [-0.4, -0.2) is 30.4 Å². The average Bonchev–Trinajstić information content (AvgIpc) is 2.85. The van der Waals surface area contributed by atoms with Gasteiger partial charge in [0.2, 0.25) is 0 Å². The third-order valence-corrected chi connectivity index (χ3v) is 5.26. The summed E-state index contributed by atoms with van der Waals surface area (Å²) in [5.74, 6) is -0.350. The predicted octanol–water partition coefficient (Wildman–Crippen LogP) is 5.52. The fraction of sp³-hybridized carbons (Fsp3) is 0.200. The summed E-state index contributed by atoms with van der Waals surface area (Å²) in [6, 6.07) is 21.5. The van der Waals surface area contributed by atoms with Crippen LogP contribution in [0.1, 0.15) is 18.9 Å². The van der Waals surface area contributed by atoms with Gasteiger partial charge in [0, 0.05) is 6.54 Å². The highest BCUT2D eigenvalue weighted by atomic mass is 35.5. The summed E-state index contributed by atoms with van der Waals surface area (Å²) >= 11 is 5.89. The molecule has 6 nitrogen and oxygen atoms in total. The number of hydrogen-bond donors (Lipinski definition) is 2. The summed E-state index contributed by atoms with van der Waals surface area (Å²) in [6.07, 6.45) is 1.00. The Balaban J connectivity index is 1.87. The molecule has 0 aliphatic heterocycles. The zero-order valence-corrected chi connectivity index (χ0v) is 19.0. The van der Waals surface area contributed by atoms with Gasteiger partial charge in [-0.05, 0) is 66.6 Å². The second-order valence-corrected chi connectivity index (χ2v) is 7.73. The van der Waals surface area contributed by atoms with E-state index in [-0.39, 0.29) is 11.0 Å². The summed E-state index contributed by atoms with van der Waals surface area (Å²) in [5, 5.41) is 15.5. The van der Waals surface area contributed by atoms with Crippen molar-refractivity contribution in [2.24, 2.45) is 0 Å². The number of nitrogens with zero attached hydrogens (tertiary/aromatic N) is 4. The van der Waals surface area contributed by atoms with E-state index in [2.05, 4.69) is 28.4 Å². The van der Waals surface area contributed by atoms with E-state index in [9.17, 15) is 9.92 Å². The van der Waals surface area contributed by atoms with Crippen molar-refractivity contribution < 1.29 is 9.18 Å². The first kappa shape index (κ1) is 24.0. The smallest absolute Gasteiger partial charge is 0.435 e. The fourth-order valence-corrected chi connectivity index (χ4v) is 3.48. The Kier molecular flexibility index (Phi) is 8.56. The van der Waals surface area contributed by atoms with Gasteiger partial charge in [-0.1, -0.05) is 42.8 Å². The van der Waals surface area contributed by atoms with Crippen molar-refractivity contribution in [2.45, 2.75) is 13.3 Å². The van der Waals surface area contributed by atoms with Crippen molar-refractivity contribution in [3.05, 3.63) is 88.7 Å². The topological polar surface area (TPSA) is 87.5 Å². The first-order valence-electron chi connectivity index (χ1n) is 10.6. The van der Waals surface area contributed by atoms with Gasteiger partial charge in [-0.15, -0.1) is 0 Å². The van der Waals surface area contributed by atoms with Crippen LogP contribution >= 0.6 is 11.6 Å².